The van der Waals surface area contributed by atoms with E-state index in [-0.39, 0.29) is 17.1 Å². The molecule has 0 spiro atoms. The summed E-state index contributed by atoms with van der Waals surface area (Å²) >= 11 is 1.48. The molecule has 4 heteroatoms. The van der Waals surface area contributed by atoms with Gasteiger partial charge in [0.2, 0.25) is 6.29 Å². The quantitative estimate of drug-likeness (QED) is 0.776. The highest BCUT2D eigenvalue weighted by atomic mass is 32.2. The van der Waals surface area contributed by atoms with Crippen LogP contribution in [0, 0.1) is 5.92 Å². The van der Waals surface area contributed by atoms with Gasteiger partial charge in [0.05, 0.1) is 11.2 Å². The van der Waals surface area contributed by atoms with E-state index in [4.69, 9.17) is 4.74 Å². The van der Waals surface area contributed by atoms with Crippen molar-refractivity contribution < 1.29 is 14.6 Å². The van der Waals surface area contributed by atoms with Gasteiger partial charge in [-0.1, -0.05) is 25.1 Å². The number of aliphatic hydroxyl groups is 1. The average molecular weight is 224 g/mol. The highest BCUT2D eigenvalue weighted by Crippen LogP contribution is 2.35. The van der Waals surface area contributed by atoms with Crippen LogP contribution in [0.4, 0.5) is 0 Å². The molecule has 0 aliphatic carbocycles. The topological polar surface area (TPSA) is 46.5 Å². The molecule has 1 aromatic rings. The number of ether oxygens (including phenoxy) is 1. The summed E-state index contributed by atoms with van der Waals surface area (Å²) in [6, 6.07) is 9.69. The van der Waals surface area contributed by atoms with Gasteiger partial charge in [-0.3, -0.25) is 4.79 Å². The van der Waals surface area contributed by atoms with Crippen molar-refractivity contribution in [3.05, 3.63) is 30.3 Å². The fraction of sp³-hybridized carbons (Fsp3) is 0.364. The summed E-state index contributed by atoms with van der Waals surface area (Å²) in [5.74, 6) is -0.582. The van der Waals surface area contributed by atoms with E-state index < -0.39 is 6.29 Å². The molecule has 1 N–H and O–H groups in total. The zero-order valence-corrected chi connectivity index (χ0v) is 9.11. The maximum Gasteiger partial charge on any atom is 0.312 e. The second-order valence-electron chi connectivity index (χ2n) is 3.51. The van der Waals surface area contributed by atoms with Gasteiger partial charge in [0.1, 0.15) is 0 Å². The van der Waals surface area contributed by atoms with Crippen LogP contribution < -0.4 is 0 Å². The number of hydrogen-bond donors (Lipinski definition) is 1. The van der Waals surface area contributed by atoms with Crippen molar-refractivity contribution in [2.45, 2.75) is 23.4 Å². The zero-order chi connectivity index (χ0) is 10.8. The van der Waals surface area contributed by atoms with Crippen molar-refractivity contribution in [2.75, 3.05) is 0 Å². The Bertz CT molecular complexity index is 352. The third kappa shape index (κ3) is 2.16. The molecular weight excluding hydrogens is 212 g/mol. The van der Waals surface area contributed by atoms with Crippen LogP contribution in [0.15, 0.2) is 35.2 Å². The first-order valence-corrected chi connectivity index (χ1v) is 5.67. The Morgan fingerprint density at radius 1 is 1.33 bits per heavy atom. The molecular formula is C11H12O3S. The number of esters is 1. The Balaban J connectivity index is 2.09. The summed E-state index contributed by atoms with van der Waals surface area (Å²) in [5.41, 5.74) is 0. The van der Waals surface area contributed by atoms with E-state index in [1.165, 1.54) is 11.8 Å². The SMILES string of the molecule is C[C@@H]1C(=O)O[C@@H](O)[C@@H]1Sc1ccccc1. The first-order chi connectivity index (χ1) is 7.18. The molecule has 0 saturated carbocycles. The van der Waals surface area contributed by atoms with Gasteiger partial charge in [0.15, 0.2) is 0 Å². The molecule has 15 heavy (non-hydrogen) atoms. The predicted octanol–water partition coefficient (Wildman–Crippen LogP) is 1.66. The molecule has 0 unspecified atom stereocenters. The Labute approximate surface area is 92.4 Å². The van der Waals surface area contributed by atoms with Crippen molar-refractivity contribution in [2.24, 2.45) is 5.92 Å². The van der Waals surface area contributed by atoms with Gasteiger partial charge in [-0.05, 0) is 12.1 Å². The van der Waals surface area contributed by atoms with Crippen LogP contribution in [0.3, 0.4) is 0 Å². The Hall–Kier alpha value is -1.00. The molecule has 3 nitrogen and oxygen atoms in total. The summed E-state index contributed by atoms with van der Waals surface area (Å²) in [6.07, 6.45) is -0.988. The lowest BCUT2D eigenvalue weighted by atomic mass is 10.1. The predicted molar refractivity (Wildman–Crippen MR) is 57.3 cm³/mol. The fourth-order valence-corrected chi connectivity index (χ4v) is 2.61. The summed E-state index contributed by atoms with van der Waals surface area (Å²) in [4.78, 5) is 12.2. The number of hydrogen-bond acceptors (Lipinski definition) is 4. The average Bonchev–Trinajstić information content (AvgIpc) is 2.47. The lowest BCUT2D eigenvalue weighted by Gasteiger charge is -2.13. The molecule has 1 aromatic carbocycles. The summed E-state index contributed by atoms with van der Waals surface area (Å²) in [5, 5.41) is 9.32. The Morgan fingerprint density at radius 3 is 2.53 bits per heavy atom. The van der Waals surface area contributed by atoms with Crippen LogP contribution in [0.5, 0.6) is 0 Å². The molecule has 0 bridgehead atoms. The summed E-state index contributed by atoms with van der Waals surface area (Å²) in [6.45, 7) is 1.78. The van der Waals surface area contributed by atoms with E-state index in [9.17, 15) is 9.90 Å². The number of cyclic esters (lactones) is 1. The minimum atomic E-state index is -0.988. The number of rotatable bonds is 2. The first kappa shape index (κ1) is 10.5. The van der Waals surface area contributed by atoms with E-state index in [1.54, 1.807) is 6.92 Å². The van der Waals surface area contributed by atoms with Gasteiger partial charge in [-0.15, -0.1) is 11.8 Å². The molecule has 3 atom stereocenters. The van der Waals surface area contributed by atoms with Crippen LogP contribution in [-0.2, 0) is 9.53 Å². The molecule has 1 saturated heterocycles. The monoisotopic (exact) mass is 224 g/mol. The maximum atomic E-state index is 11.2. The van der Waals surface area contributed by atoms with E-state index >= 15 is 0 Å². The van der Waals surface area contributed by atoms with Crippen LogP contribution in [0.2, 0.25) is 0 Å². The minimum Gasteiger partial charge on any atom is -0.434 e. The van der Waals surface area contributed by atoms with Crippen LogP contribution in [0.1, 0.15) is 6.92 Å². The van der Waals surface area contributed by atoms with Gasteiger partial charge >= 0.3 is 5.97 Å². The van der Waals surface area contributed by atoms with Crippen molar-refractivity contribution in [1.82, 2.24) is 0 Å². The lowest BCUT2D eigenvalue weighted by molar-refractivity contribution is -0.154. The van der Waals surface area contributed by atoms with Crippen LogP contribution in [-0.4, -0.2) is 22.6 Å². The van der Waals surface area contributed by atoms with Crippen molar-refractivity contribution in [1.29, 1.82) is 0 Å². The minimum absolute atomic E-state index is 0.208. The van der Waals surface area contributed by atoms with Crippen LogP contribution >= 0.6 is 11.8 Å². The smallest absolute Gasteiger partial charge is 0.312 e. The van der Waals surface area contributed by atoms with Crippen molar-refractivity contribution in [3.8, 4) is 0 Å². The highest BCUT2D eigenvalue weighted by Gasteiger charge is 2.41. The zero-order valence-electron chi connectivity index (χ0n) is 8.29. The first-order valence-electron chi connectivity index (χ1n) is 4.79. The van der Waals surface area contributed by atoms with Gasteiger partial charge in [0, 0.05) is 4.90 Å². The second-order valence-corrected chi connectivity index (χ2v) is 4.76. The van der Waals surface area contributed by atoms with Crippen molar-refractivity contribution >= 4 is 17.7 Å². The number of benzene rings is 1. The third-order valence-electron chi connectivity index (χ3n) is 2.40. The van der Waals surface area contributed by atoms with E-state index in [1.807, 2.05) is 30.3 Å². The number of aliphatic hydroxyl groups excluding tert-OH is 1. The normalized spacial score (nSPS) is 30.3. The summed E-state index contributed by atoms with van der Waals surface area (Å²) in [7, 11) is 0. The molecule has 0 aromatic heterocycles. The third-order valence-corrected chi connectivity index (χ3v) is 3.86. The maximum absolute atomic E-state index is 11.2. The lowest BCUT2D eigenvalue weighted by Crippen LogP contribution is -2.21. The molecule has 0 radical (unpaired) electrons. The van der Waals surface area contributed by atoms with Crippen molar-refractivity contribution in [3.63, 3.8) is 0 Å². The van der Waals surface area contributed by atoms with Crippen LogP contribution in [0.25, 0.3) is 0 Å². The molecule has 1 aliphatic rings. The van der Waals surface area contributed by atoms with Gasteiger partial charge in [-0.25, -0.2) is 0 Å². The van der Waals surface area contributed by atoms with Gasteiger partial charge in [-0.2, -0.15) is 0 Å². The number of carbonyl (C=O) groups is 1. The summed E-state index contributed by atoms with van der Waals surface area (Å²) < 4.78 is 4.75. The Kier molecular flexibility index (Phi) is 2.98. The molecule has 80 valence electrons. The Morgan fingerprint density at radius 2 is 2.00 bits per heavy atom. The van der Waals surface area contributed by atoms with E-state index in [0.717, 1.165) is 4.90 Å². The second kappa shape index (κ2) is 4.24. The standard InChI is InChI=1S/C11H12O3S/c1-7-9(11(13)14-10(7)12)15-8-5-3-2-4-6-8/h2-7,9,11,13H,1H3/t7-,9+,11+/m0/s1. The largest absolute Gasteiger partial charge is 0.434 e. The molecule has 2 rings (SSSR count). The van der Waals surface area contributed by atoms with Gasteiger partial charge in [0.25, 0.3) is 0 Å². The molecule has 1 fully saturated rings. The van der Waals surface area contributed by atoms with E-state index in [0.29, 0.717) is 0 Å². The highest BCUT2D eigenvalue weighted by molar-refractivity contribution is 8.00. The number of thioether (sulfide) groups is 1. The molecule has 1 aliphatic heterocycles. The fourth-order valence-electron chi connectivity index (χ4n) is 1.49. The van der Waals surface area contributed by atoms with Gasteiger partial charge < -0.3 is 9.84 Å². The molecule has 1 heterocycles. The van der Waals surface area contributed by atoms with E-state index in [2.05, 4.69) is 0 Å². The number of carbonyl (C=O) groups excluding carboxylic acids is 1. The molecule has 0 amide bonds.